The second kappa shape index (κ2) is 9.01. The fourth-order valence-corrected chi connectivity index (χ4v) is 2.10. The number of nitrogens with one attached hydrogen (secondary N) is 2. The zero-order valence-corrected chi connectivity index (χ0v) is 12.8. The van der Waals surface area contributed by atoms with Crippen LogP contribution in [0.2, 0.25) is 0 Å². The maximum Gasteiger partial charge on any atom is 0.135 e. The number of aromatic amines is 1. The molecule has 0 bridgehead atoms. The Labute approximate surface area is 120 Å². The van der Waals surface area contributed by atoms with Crippen LogP contribution in [0, 0.1) is 4.64 Å². The van der Waals surface area contributed by atoms with Gasteiger partial charge in [-0.05, 0) is 26.1 Å². The zero-order valence-electron chi connectivity index (χ0n) is 12.0. The average Bonchev–Trinajstić information content (AvgIpc) is 2.39. The average molecular weight is 284 g/mol. The van der Waals surface area contributed by atoms with Crippen LogP contribution in [0.25, 0.3) is 0 Å². The largest absolute Gasteiger partial charge is 0.377 e. The van der Waals surface area contributed by atoms with Crippen molar-refractivity contribution in [3.8, 4) is 0 Å². The quantitative estimate of drug-likeness (QED) is 0.539. The first-order valence-electron chi connectivity index (χ1n) is 6.75. The van der Waals surface area contributed by atoms with E-state index in [9.17, 15) is 0 Å². The molecule has 0 spiro atoms. The van der Waals surface area contributed by atoms with E-state index in [1.165, 1.54) is 0 Å². The number of aromatic nitrogens is 2. The van der Waals surface area contributed by atoms with Gasteiger partial charge in [0.25, 0.3) is 0 Å². The van der Waals surface area contributed by atoms with Gasteiger partial charge in [0, 0.05) is 19.7 Å². The van der Waals surface area contributed by atoms with E-state index in [1.54, 1.807) is 7.11 Å². The first kappa shape index (κ1) is 16.1. The SMILES string of the molecule is CCN(CC)CCCNc1cc(=S)nc(COC)[nH]1. The lowest BCUT2D eigenvalue weighted by molar-refractivity contribution is 0.178. The Balaban J connectivity index is 2.42. The second-order valence-corrected chi connectivity index (χ2v) is 4.74. The summed E-state index contributed by atoms with van der Waals surface area (Å²) < 4.78 is 5.63. The summed E-state index contributed by atoms with van der Waals surface area (Å²) in [5, 5.41) is 3.34. The molecule has 1 aromatic rings. The molecule has 5 nitrogen and oxygen atoms in total. The van der Waals surface area contributed by atoms with Crippen LogP contribution < -0.4 is 5.32 Å². The molecule has 19 heavy (non-hydrogen) atoms. The number of ether oxygens (including phenoxy) is 1. The summed E-state index contributed by atoms with van der Waals surface area (Å²) in [5.74, 6) is 1.66. The van der Waals surface area contributed by atoms with Crippen molar-refractivity contribution in [2.75, 3.05) is 38.6 Å². The lowest BCUT2D eigenvalue weighted by atomic mass is 10.3. The molecule has 0 saturated carbocycles. The Kier molecular flexibility index (Phi) is 7.62. The van der Waals surface area contributed by atoms with Crippen molar-refractivity contribution in [1.29, 1.82) is 0 Å². The van der Waals surface area contributed by atoms with Gasteiger partial charge in [0.15, 0.2) is 0 Å². The van der Waals surface area contributed by atoms with Crippen LogP contribution in [0.15, 0.2) is 6.07 Å². The first-order chi connectivity index (χ1) is 9.19. The van der Waals surface area contributed by atoms with Crippen molar-refractivity contribution in [3.05, 3.63) is 16.5 Å². The summed E-state index contributed by atoms with van der Waals surface area (Å²) in [4.78, 5) is 9.78. The van der Waals surface area contributed by atoms with Gasteiger partial charge in [0.1, 0.15) is 22.9 Å². The molecular formula is C13H24N4OS. The van der Waals surface area contributed by atoms with Crippen LogP contribution in [0.3, 0.4) is 0 Å². The molecule has 1 heterocycles. The van der Waals surface area contributed by atoms with Crippen molar-refractivity contribution in [3.63, 3.8) is 0 Å². The lowest BCUT2D eigenvalue weighted by Gasteiger charge is -2.18. The molecule has 1 rings (SSSR count). The van der Waals surface area contributed by atoms with Crippen molar-refractivity contribution in [1.82, 2.24) is 14.9 Å². The zero-order chi connectivity index (χ0) is 14.1. The number of H-pyrrole nitrogens is 1. The highest BCUT2D eigenvalue weighted by molar-refractivity contribution is 7.71. The highest BCUT2D eigenvalue weighted by Gasteiger charge is 2.00. The normalized spacial score (nSPS) is 10.9. The standard InChI is InChI=1S/C13H24N4OS/c1-4-17(5-2)8-6-7-14-11-9-13(19)16-12(15-11)10-18-3/h9H,4-8,10H2,1-3H3,(H2,14,15,16,19). The van der Waals surface area contributed by atoms with Crippen LogP contribution in [-0.2, 0) is 11.3 Å². The monoisotopic (exact) mass is 284 g/mol. The van der Waals surface area contributed by atoms with E-state index in [1.807, 2.05) is 6.07 Å². The van der Waals surface area contributed by atoms with E-state index >= 15 is 0 Å². The minimum atomic E-state index is 0.443. The lowest BCUT2D eigenvalue weighted by Crippen LogP contribution is -2.25. The Hall–Kier alpha value is -0.980. The minimum absolute atomic E-state index is 0.443. The van der Waals surface area contributed by atoms with E-state index in [4.69, 9.17) is 17.0 Å². The molecule has 0 saturated heterocycles. The molecule has 2 N–H and O–H groups in total. The fraction of sp³-hybridized carbons (Fsp3) is 0.692. The molecule has 0 aromatic carbocycles. The Morgan fingerprint density at radius 1 is 1.42 bits per heavy atom. The summed E-state index contributed by atoms with van der Waals surface area (Å²) in [5.41, 5.74) is 0. The molecule has 0 aliphatic carbocycles. The van der Waals surface area contributed by atoms with E-state index in [2.05, 4.69) is 34.0 Å². The maximum atomic E-state index is 5.12. The van der Waals surface area contributed by atoms with Gasteiger partial charge in [-0.25, -0.2) is 4.98 Å². The smallest absolute Gasteiger partial charge is 0.135 e. The van der Waals surface area contributed by atoms with E-state index in [0.29, 0.717) is 11.2 Å². The number of hydrogen-bond acceptors (Lipinski definition) is 5. The van der Waals surface area contributed by atoms with Gasteiger partial charge in [0.05, 0.1) is 0 Å². The van der Waals surface area contributed by atoms with Crippen molar-refractivity contribution < 1.29 is 4.74 Å². The summed E-state index contributed by atoms with van der Waals surface area (Å²) in [6.07, 6.45) is 1.10. The predicted octanol–water partition coefficient (Wildman–Crippen LogP) is 2.43. The Morgan fingerprint density at radius 2 is 2.16 bits per heavy atom. The van der Waals surface area contributed by atoms with Crippen LogP contribution in [0.1, 0.15) is 26.1 Å². The molecular weight excluding hydrogens is 260 g/mol. The van der Waals surface area contributed by atoms with Gasteiger partial charge in [-0.3, -0.25) is 0 Å². The molecule has 108 valence electrons. The highest BCUT2D eigenvalue weighted by atomic mass is 32.1. The molecule has 6 heteroatoms. The number of rotatable bonds is 9. The highest BCUT2D eigenvalue weighted by Crippen LogP contribution is 2.05. The third-order valence-electron chi connectivity index (χ3n) is 2.93. The van der Waals surface area contributed by atoms with E-state index < -0.39 is 0 Å². The van der Waals surface area contributed by atoms with Crippen molar-refractivity contribution in [2.24, 2.45) is 0 Å². The molecule has 0 unspecified atom stereocenters. The third-order valence-corrected chi connectivity index (χ3v) is 3.14. The summed E-state index contributed by atoms with van der Waals surface area (Å²) >= 11 is 5.12. The summed E-state index contributed by atoms with van der Waals surface area (Å²) in [6.45, 7) is 9.05. The molecule has 0 aliphatic heterocycles. The third kappa shape index (κ3) is 6.13. The Bertz CT molecular complexity index is 417. The van der Waals surface area contributed by atoms with Crippen LogP contribution >= 0.6 is 12.2 Å². The summed E-state index contributed by atoms with van der Waals surface area (Å²) in [6, 6.07) is 1.84. The number of hydrogen-bond donors (Lipinski definition) is 2. The predicted molar refractivity (Wildman–Crippen MR) is 81.0 cm³/mol. The van der Waals surface area contributed by atoms with Crippen molar-refractivity contribution >= 4 is 18.0 Å². The molecule has 0 radical (unpaired) electrons. The van der Waals surface area contributed by atoms with Crippen LogP contribution in [-0.4, -0.2) is 48.2 Å². The molecule has 0 atom stereocenters. The number of anilines is 1. The molecule has 0 amide bonds. The topological polar surface area (TPSA) is 53.2 Å². The van der Waals surface area contributed by atoms with Gasteiger partial charge in [-0.1, -0.05) is 26.1 Å². The van der Waals surface area contributed by atoms with Crippen LogP contribution in [0.4, 0.5) is 5.82 Å². The molecule has 0 fully saturated rings. The van der Waals surface area contributed by atoms with Gasteiger partial charge < -0.3 is 19.9 Å². The van der Waals surface area contributed by atoms with Crippen molar-refractivity contribution in [2.45, 2.75) is 26.9 Å². The number of nitrogens with zero attached hydrogens (tertiary/aromatic N) is 2. The van der Waals surface area contributed by atoms with Gasteiger partial charge in [0.2, 0.25) is 0 Å². The van der Waals surface area contributed by atoms with Gasteiger partial charge in [-0.2, -0.15) is 0 Å². The molecule has 0 aliphatic rings. The Morgan fingerprint density at radius 3 is 2.79 bits per heavy atom. The fourth-order valence-electron chi connectivity index (χ4n) is 1.87. The second-order valence-electron chi connectivity index (χ2n) is 4.32. The summed E-state index contributed by atoms with van der Waals surface area (Å²) in [7, 11) is 1.64. The van der Waals surface area contributed by atoms with E-state index in [0.717, 1.165) is 44.2 Å². The van der Waals surface area contributed by atoms with Gasteiger partial charge >= 0.3 is 0 Å². The van der Waals surface area contributed by atoms with E-state index in [-0.39, 0.29) is 0 Å². The van der Waals surface area contributed by atoms with Gasteiger partial charge in [-0.15, -0.1) is 0 Å². The van der Waals surface area contributed by atoms with Crippen LogP contribution in [0.5, 0.6) is 0 Å². The molecule has 1 aromatic heterocycles. The number of methoxy groups -OCH3 is 1. The minimum Gasteiger partial charge on any atom is -0.377 e. The first-order valence-corrected chi connectivity index (χ1v) is 7.15. The maximum absolute atomic E-state index is 5.12.